The van der Waals surface area contributed by atoms with E-state index < -0.39 is 0 Å². The Morgan fingerprint density at radius 3 is 3.07 bits per heavy atom. The van der Waals surface area contributed by atoms with Gasteiger partial charge in [-0.3, -0.25) is 4.40 Å². The van der Waals surface area contributed by atoms with Crippen LogP contribution in [0.25, 0.3) is 5.78 Å². The molecule has 0 amide bonds. The van der Waals surface area contributed by atoms with Crippen LogP contribution < -0.4 is 5.32 Å². The second kappa shape index (κ2) is 3.27. The molecule has 1 aliphatic heterocycles. The number of hydrogen-bond donors (Lipinski definition) is 1. The summed E-state index contributed by atoms with van der Waals surface area (Å²) in [5.41, 5.74) is 0. The fraction of sp³-hybridized carbons (Fsp3) is 0.500. The van der Waals surface area contributed by atoms with E-state index in [0.717, 1.165) is 18.9 Å². The van der Waals surface area contributed by atoms with E-state index >= 15 is 0 Å². The van der Waals surface area contributed by atoms with Gasteiger partial charge in [0.25, 0.3) is 5.78 Å². The molecule has 5 nitrogen and oxygen atoms in total. The van der Waals surface area contributed by atoms with Crippen LogP contribution in [0, 0.1) is 5.92 Å². The number of rotatable bonds is 2. The third kappa shape index (κ3) is 1.31. The molecule has 0 saturated carbocycles. The smallest absolute Gasteiger partial charge is 0.254 e. The second-order valence-corrected chi connectivity index (χ2v) is 4.05. The molecular weight excluding hydrogens is 190 g/mol. The number of nitrogens with zero attached hydrogens (tertiary/aromatic N) is 4. The van der Waals surface area contributed by atoms with Gasteiger partial charge < -0.3 is 5.32 Å². The Labute approximate surface area is 87.5 Å². The van der Waals surface area contributed by atoms with Crippen LogP contribution in [0.1, 0.15) is 18.7 Å². The van der Waals surface area contributed by atoms with Crippen molar-refractivity contribution in [3.63, 3.8) is 0 Å². The van der Waals surface area contributed by atoms with Crippen molar-refractivity contribution in [2.24, 2.45) is 5.92 Å². The molecule has 3 rings (SSSR count). The Morgan fingerprint density at radius 1 is 1.47 bits per heavy atom. The van der Waals surface area contributed by atoms with Gasteiger partial charge in [-0.05, 0) is 25.1 Å². The van der Waals surface area contributed by atoms with E-state index in [9.17, 15) is 0 Å². The molecule has 0 spiro atoms. The molecule has 0 aliphatic carbocycles. The lowest BCUT2D eigenvalue weighted by Crippen LogP contribution is -2.45. The molecule has 5 heteroatoms. The van der Waals surface area contributed by atoms with Crippen molar-refractivity contribution < 1.29 is 0 Å². The van der Waals surface area contributed by atoms with E-state index in [-0.39, 0.29) is 0 Å². The molecule has 15 heavy (non-hydrogen) atoms. The monoisotopic (exact) mass is 203 g/mol. The molecular formula is C10H13N5. The van der Waals surface area contributed by atoms with E-state index in [2.05, 4.69) is 27.4 Å². The molecule has 1 aliphatic rings. The highest BCUT2D eigenvalue weighted by Crippen LogP contribution is 2.25. The second-order valence-electron chi connectivity index (χ2n) is 4.05. The van der Waals surface area contributed by atoms with Crippen molar-refractivity contribution in [1.82, 2.24) is 24.9 Å². The Morgan fingerprint density at radius 2 is 2.33 bits per heavy atom. The van der Waals surface area contributed by atoms with Crippen LogP contribution in [-0.2, 0) is 0 Å². The summed E-state index contributed by atoms with van der Waals surface area (Å²) in [6, 6.07) is 1.91. The summed E-state index contributed by atoms with van der Waals surface area (Å²) in [6.45, 7) is 4.36. The maximum atomic E-state index is 4.22. The number of fused-ring (bicyclic) bond motifs is 1. The number of nitrogens with one attached hydrogen (secondary N) is 1. The topological polar surface area (TPSA) is 55.1 Å². The zero-order valence-electron chi connectivity index (χ0n) is 8.59. The molecule has 1 unspecified atom stereocenters. The predicted molar refractivity (Wildman–Crippen MR) is 55.6 cm³/mol. The van der Waals surface area contributed by atoms with Gasteiger partial charge in [-0.1, -0.05) is 6.92 Å². The van der Waals surface area contributed by atoms with Crippen molar-refractivity contribution in [1.29, 1.82) is 0 Å². The van der Waals surface area contributed by atoms with Crippen molar-refractivity contribution in [3.8, 4) is 0 Å². The molecule has 78 valence electrons. The van der Waals surface area contributed by atoms with E-state index in [0.29, 0.717) is 17.6 Å². The van der Waals surface area contributed by atoms with Crippen LogP contribution in [0.2, 0.25) is 0 Å². The Bertz CT molecular complexity index is 473. The first-order chi connectivity index (χ1) is 7.36. The van der Waals surface area contributed by atoms with Gasteiger partial charge in [0.1, 0.15) is 5.82 Å². The van der Waals surface area contributed by atoms with E-state index in [1.807, 2.05) is 16.7 Å². The van der Waals surface area contributed by atoms with E-state index in [4.69, 9.17) is 0 Å². The Kier molecular flexibility index (Phi) is 1.92. The highest BCUT2D eigenvalue weighted by Gasteiger charge is 2.27. The average molecular weight is 203 g/mol. The quantitative estimate of drug-likeness (QED) is 0.769. The summed E-state index contributed by atoms with van der Waals surface area (Å²) < 4.78 is 1.98. The average Bonchev–Trinajstić information content (AvgIpc) is 2.58. The summed E-state index contributed by atoms with van der Waals surface area (Å²) in [5.74, 6) is 2.82. The van der Waals surface area contributed by atoms with Crippen LogP contribution in [0.3, 0.4) is 0 Å². The van der Waals surface area contributed by atoms with Gasteiger partial charge >= 0.3 is 0 Å². The lowest BCUT2D eigenvalue weighted by atomic mass is 9.88. The van der Waals surface area contributed by atoms with Crippen LogP contribution in [0.4, 0.5) is 0 Å². The Hall–Kier alpha value is -1.49. The summed E-state index contributed by atoms with van der Waals surface area (Å²) in [5, 5.41) is 11.6. The fourth-order valence-corrected chi connectivity index (χ4v) is 1.95. The predicted octanol–water partition coefficient (Wildman–Crippen LogP) is 0.447. The molecule has 0 bridgehead atoms. The third-order valence-corrected chi connectivity index (χ3v) is 3.14. The third-order valence-electron chi connectivity index (χ3n) is 3.14. The van der Waals surface area contributed by atoms with Crippen LogP contribution in [0.5, 0.6) is 0 Å². The SMILES string of the molecule is CC(c1nnc2ncccn12)C1CNC1. The largest absolute Gasteiger partial charge is 0.316 e. The molecule has 1 atom stereocenters. The van der Waals surface area contributed by atoms with Crippen molar-refractivity contribution >= 4 is 5.78 Å². The van der Waals surface area contributed by atoms with E-state index in [1.54, 1.807) is 6.20 Å². The Balaban J connectivity index is 2.02. The molecule has 2 aromatic heterocycles. The summed E-state index contributed by atoms with van der Waals surface area (Å²) in [6.07, 6.45) is 3.71. The molecule has 1 N–H and O–H groups in total. The highest BCUT2D eigenvalue weighted by atomic mass is 15.3. The maximum absolute atomic E-state index is 4.22. The van der Waals surface area contributed by atoms with Crippen LogP contribution in [-0.4, -0.2) is 32.7 Å². The van der Waals surface area contributed by atoms with Gasteiger partial charge in [-0.25, -0.2) is 4.98 Å². The normalized spacial score (nSPS) is 19.0. The summed E-state index contributed by atoms with van der Waals surface area (Å²) in [7, 11) is 0. The van der Waals surface area contributed by atoms with Gasteiger partial charge in [0.15, 0.2) is 0 Å². The minimum Gasteiger partial charge on any atom is -0.316 e. The van der Waals surface area contributed by atoms with Gasteiger partial charge in [0.2, 0.25) is 0 Å². The molecule has 0 radical (unpaired) electrons. The molecule has 0 aromatic carbocycles. The lowest BCUT2D eigenvalue weighted by Gasteiger charge is -2.31. The van der Waals surface area contributed by atoms with Crippen LogP contribution >= 0.6 is 0 Å². The van der Waals surface area contributed by atoms with Gasteiger partial charge in [0.05, 0.1) is 0 Å². The van der Waals surface area contributed by atoms with Gasteiger partial charge in [-0.15, -0.1) is 10.2 Å². The molecule has 1 fully saturated rings. The van der Waals surface area contributed by atoms with Crippen molar-refractivity contribution in [2.75, 3.05) is 13.1 Å². The minimum atomic E-state index is 0.436. The molecule has 1 saturated heterocycles. The van der Waals surface area contributed by atoms with Crippen molar-refractivity contribution in [3.05, 3.63) is 24.3 Å². The maximum Gasteiger partial charge on any atom is 0.254 e. The van der Waals surface area contributed by atoms with Crippen molar-refractivity contribution in [2.45, 2.75) is 12.8 Å². The molecule has 2 aromatic rings. The number of hydrogen-bond acceptors (Lipinski definition) is 4. The van der Waals surface area contributed by atoms with Gasteiger partial charge in [-0.2, -0.15) is 0 Å². The first-order valence-electron chi connectivity index (χ1n) is 5.22. The summed E-state index contributed by atoms with van der Waals surface area (Å²) in [4.78, 5) is 4.16. The zero-order valence-corrected chi connectivity index (χ0v) is 8.59. The highest BCUT2D eigenvalue weighted by molar-refractivity contribution is 5.27. The first kappa shape index (κ1) is 8.79. The zero-order chi connectivity index (χ0) is 10.3. The lowest BCUT2D eigenvalue weighted by molar-refractivity contribution is 0.295. The molecule has 3 heterocycles. The fourth-order valence-electron chi connectivity index (χ4n) is 1.95. The minimum absolute atomic E-state index is 0.436. The van der Waals surface area contributed by atoms with Crippen LogP contribution in [0.15, 0.2) is 18.5 Å². The number of aromatic nitrogens is 4. The summed E-state index contributed by atoms with van der Waals surface area (Å²) >= 11 is 0. The standard InChI is InChI=1S/C10H13N5/c1-7(8-5-11-6-8)9-13-14-10-12-3-2-4-15(9)10/h2-4,7-8,11H,5-6H2,1H3. The van der Waals surface area contributed by atoms with E-state index in [1.165, 1.54) is 0 Å². The van der Waals surface area contributed by atoms with Gasteiger partial charge in [0, 0.05) is 18.3 Å². The first-order valence-corrected chi connectivity index (χ1v) is 5.22.